The van der Waals surface area contributed by atoms with Crippen molar-refractivity contribution in [3.05, 3.63) is 59.9 Å². The number of nitrogens with zero attached hydrogens (tertiary/aromatic N) is 2. The number of hydrogen-bond donors (Lipinski definition) is 1. The first kappa shape index (κ1) is 17.5. The first-order valence-corrected chi connectivity index (χ1v) is 7.62. The average Bonchev–Trinajstić information content (AvgIpc) is 2.59. The number of aromatic nitrogens is 1. The molecule has 0 fully saturated rings. The molecule has 0 bridgehead atoms. The largest absolute Gasteiger partial charge is 0.482 e. The zero-order chi connectivity index (χ0) is 17.4. The summed E-state index contributed by atoms with van der Waals surface area (Å²) in [6.07, 6.45) is 2.75. The summed E-state index contributed by atoms with van der Waals surface area (Å²) >= 11 is 0. The quantitative estimate of drug-likeness (QED) is 0.803. The number of pyridine rings is 1. The Morgan fingerprint density at radius 2 is 1.92 bits per heavy atom. The van der Waals surface area contributed by atoms with Crippen LogP contribution in [0.15, 0.2) is 48.7 Å². The van der Waals surface area contributed by atoms with Gasteiger partial charge in [-0.05, 0) is 36.2 Å². The molecule has 1 amide bonds. The summed E-state index contributed by atoms with van der Waals surface area (Å²) in [7, 11) is 1.76. The zero-order valence-electron chi connectivity index (χ0n) is 13.5. The lowest BCUT2D eigenvalue weighted by Gasteiger charge is -2.17. The van der Waals surface area contributed by atoms with E-state index in [1.807, 2.05) is 30.3 Å². The summed E-state index contributed by atoms with van der Waals surface area (Å²) in [6, 6.07) is 12.7. The van der Waals surface area contributed by atoms with Crippen LogP contribution in [-0.2, 0) is 22.6 Å². The molecular weight excluding hydrogens is 308 g/mol. The molecule has 0 saturated heterocycles. The predicted octanol–water partition coefficient (Wildman–Crippen LogP) is 2.14. The van der Waals surface area contributed by atoms with Crippen molar-refractivity contribution in [1.29, 1.82) is 0 Å². The number of carbonyl (C=O) groups excluding carboxylic acids is 1. The summed E-state index contributed by atoms with van der Waals surface area (Å²) in [5.41, 5.74) is 1.85. The van der Waals surface area contributed by atoms with E-state index in [4.69, 9.17) is 9.84 Å². The Kier molecular flexibility index (Phi) is 6.31. The second-order valence-corrected chi connectivity index (χ2v) is 5.40. The standard InChI is InChI=1S/C18H20N2O4/c1-20(17(21)10-7-15-4-2-3-11-19-15)12-14-5-8-16(9-6-14)24-13-18(22)23/h2-6,8-9,11H,7,10,12-13H2,1H3,(H,22,23). The maximum Gasteiger partial charge on any atom is 0.341 e. The number of amides is 1. The first-order valence-electron chi connectivity index (χ1n) is 7.62. The van der Waals surface area contributed by atoms with Crippen LogP contribution in [0.4, 0.5) is 0 Å². The van der Waals surface area contributed by atoms with Crippen LogP contribution in [0.25, 0.3) is 0 Å². The van der Waals surface area contributed by atoms with Gasteiger partial charge in [0.1, 0.15) is 5.75 Å². The van der Waals surface area contributed by atoms with Gasteiger partial charge in [-0.2, -0.15) is 0 Å². The number of carboxylic acids is 1. The fourth-order valence-corrected chi connectivity index (χ4v) is 2.17. The van der Waals surface area contributed by atoms with Gasteiger partial charge in [-0.1, -0.05) is 18.2 Å². The fraction of sp³-hybridized carbons (Fsp3) is 0.278. The molecule has 6 nitrogen and oxygen atoms in total. The van der Waals surface area contributed by atoms with Gasteiger partial charge in [0, 0.05) is 31.9 Å². The monoisotopic (exact) mass is 328 g/mol. The molecule has 0 unspecified atom stereocenters. The van der Waals surface area contributed by atoms with E-state index < -0.39 is 5.97 Å². The van der Waals surface area contributed by atoms with Crippen molar-refractivity contribution in [2.24, 2.45) is 0 Å². The van der Waals surface area contributed by atoms with E-state index >= 15 is 0 Å². The number of benzene rings is 1. The highest BCUT2D eigenvalue weighted by atomic mass is 16.5. The highest BCUT2D eigenvalue weighted by molar-refractivity contribution is 5.76. The van der Waals surface area contributed by atoms with Crippen molar-refractivity contribution < 1.29 is 19.4 Å². The molecule has 6 heteroatoms. The summed E-state index contributed by atoms with van der Waals surface area (Å²) in [6.45, 7) is 0.117. The molecule has 126 valence electrons. The summed E-state index contributed by atoms with van der Waals surface area (Å²) in [5.74, 6) is -0.477. The highest BCUT2D eigenvalue weighted by Crippen LogP contribution is 2.14. The molecule has 0 aliphatic heterocycles. The van der Waals surface area contributed by atoms with Gasteiger partial charge < -0.3 is 14.7 Å². The van der Waals surface area contributed by atoms with Crippen molar-refractivity contribution in [1.82, 2.24) is 9.88 Å². The highest BCUT2D eigenvalue weighted by Gasteiger charge is 2.10. The summed E-state index contributed by atoms with van der Waals surface area (Å²) in [5, 5.41) is 8.57. The average molecular weight is 328 g/mol. The van der Waals surface area contributed by atoms with Crippen molar-refractivity contribution >= 4 is 11.9 Å². The lowest BCUT2D eigenvalue weighted by Crippen LogP contribution is -2.26. The van der Waals surface area contributed by atoms with E-state index in [0.717, 1.165) is 11.3 Å². The van der Waals surface area contributed by atoms with Gasteiger partial charge in [0.2, 0.25) is 5.91 Å². The topological polar surface area (TPSA) is 79.7 Å². The molecular formula is C18H20N2O4. The van der Waals surface area contributed by atoms with E-state index in [9.17, 15) is 9.59 Å². The molecule has 1 N–H and O–H groups in total. The Hall–Kier alpha value is -2.89. The molecule has 0 aliphatic carbocycles. The Bertz CT molecular complexity index is 671. The van der Waals surface area contributed by atoms with Crippen molar-refractivity contribution in [3.8, 4) is 5.75 Å². The fourth-order valence-electron chi connectivity index (χ4n) is 2.17. The third-order valence-electron chi connectivity index (χ3n) is 3.45. The normalized spacial score (nSPS) is 10.2. The minimum Gasteiger partial charge on any atom is -0.482 e. The Morgan fingerprint density at radius 3 is 2.54 bits per heavy atom. The van der Waals surface area contributed by atoms with Crippen LogP contribution < -0.4 is 4.74 Å². The lowest BCUT2D eigenvalue weighted by atomic mass is 10.1. The van der Waals surface area contributed by atoms with E-state index in [1.165, 1.54) is 0 Å². The number of ether oxygens (including phenoxy) is 1. The maximum atomic E-state index is 12.2. The van der Waals surface area contributed by atoms with Crippen molar-refractivity contribution in [3.63, 3.8) is 0 Å². The van der Waals surface area contributed by atoms with Crippen molar-refractivity contribution in [2.75, 3.05) is 13.7 Å². The van der Waals surface area contributed by atoms with Gasteiger partial charge in [0.15, 0.2) is 6.61 Å². The van der Waals surface area contributed by atoms with E-state index in [-0.39, 0.29) is 12.5 Å². The Morgan fingerprint density at radius 1 is 1.17 bits per heavy atom. The van der Waals surface area contributed by atoms with Gasteiger partial charge in [-0.3, -0.25) is 9.78 Å². The molecule has 0 saturated carbocycles. The molecule has 0 radical (unpaired) electrons. The van der Waals surface area contributed by atoms with Gasteiger partial charge in [-0.15, -0.1) is 0 Å². The molecule has 1 aromatic carbocycles. The van der Waals surface area contributed by atoms with E-state index in [0.29, 0.717) is 25.1 Å². The number of carbonyl (C=O) groups is 2. The van der Waals surface area contributed by atoms with Gasteiger partial charge >= 0.3 is 5.97 Å². The molecule has 0 spiro atoms. The number of hydrogen-bond acceptors (Lipinski definition) is 4. The van der Waals surface area contributed by atoms with Crippen LogP contribution in [-0.4, -0.2) is 40.5 Å². The molecule has 1 heterocycles. The lowest BCUT2D eigenvalue weighted by molar-refractivity contribution is -0.139. The van der Waals surface area contributed by atoms with Crippen LogP contribution in [0.2, 0.25) is 0 Å². The number of rotatable bonds is 8. The minimum atomic E-state index is -1.02. The van der Waals surface area contributed by atoms with Gasteiger partial charge in [0.25, 0.3) is 0 Å². The summed E-state index contributed by atoms with van der Waals surface area (Å²) < 4.78 is 5.08. The molecule has 24 heavy (non-hydrogen) atoms. The number of aliphatic carboxylic acids is 1. The molecule has 0 aliphatic rings. The molecule has 1 aromatic heterocycles. The van der Waals surface area contributed by atoms with Crippen molar-refractivity contribution in [2.45, 2.75) is 19.4 Å². The van der Waals surface area contributed by atoms with Crippen LogP contribution in [0.5, 0.6) is 5.75 Å². The first-order chi connectivity index (χ1) is 11.5. The van der Waals surface area contributed by atoms with E-state index in [1.54, 1.807) is 30.3 Å². The third-order valence-corrected chi connectivity index (χ3v) is 3.45. The maximum absolute atomic E-state index is 12.2. The smallest absolute Gasteiger partial charge is 0.341 e. The Labute approximate surface area is 140 Å². The second-order valence-electron chi connectivity index (χ2n) is 5.40. The van der Waals surface area contributed by atoms with Crippen LogP contribution in [0, 0.1) is 0 Å². The van der Waals surface area contributed by atoms with Gasteiger partial charge in [0.05, 0.1) is 0 Å². The van der Waals surface area contributed by atoms with Crippen LogP contribution >= 0.6 is 0 Å². The Balaban J connectivity index is 1.81. The predicted molar refractivity (Wildman–Crippen MR) is 88.6 cm³/mol. The van der Waals surface area contributed by atoms with Crippen LogP contribution in [0.3, 0.4) is 0 Å². The van der Waals surface area contributed by atoms with E-state index in [2.05, 4.69) is 4.98 Å². The number of carboxylic acid groups (broad SMARTS) is 1. The number of aryl methyl sites for hydroxylation is 1. The second kappa shape index (κ2) is 8.67. The molecule has 0 atom stereocenters. The SMILES string of the molecule is CN(Cc1ccc(OCC(=O)O)cc1)C(=O)CCc1ccccn1. The zero-order valence-corrected chi connectivity index (χ0v) is 13.5. The summed E-state index contributed by atoms with van der Waals surface area (Å²) in [4.78, 5) is 28.5. The van der Waals surface area contributed by atoms with Gasteiger partial charge in [-0.25, -0.2) is 4.79 Å². The van der Waals surface area contributed by atoms with Crippen LogP contribution in [0.1, 0.15) is 17.7 Å². The molecule has 2 aromatic rings. The third kappa shape index (κ3) is 5.72. The minimum absolute atomic E-state index is 0.0480. The molecule has 2 rings (SSSR count).